The number of hydrogen-bond donors (Lipinski definition) is 1. The molecular weight excluding hydrogens is 376 g/mol. The first kappa shape index (κ1) is 21.1. The molecule has 0 radical (unpaired) electrons. The molecule has 1 aromatic carbocycles. The maximum absolute atomic E-state index is 12.7. The van der Waals surface area contributed by atoms with Crippen molar-refractivity contribution in [1.29, 1.82) is 0 Å². The van der Waals surface area contributed by atoms with Crippen LogP contribution in [0.5, 0.6) is 0 Å². The van der Waals surface area contributed by atoms with E-state index in [2.05, 4.69) is 22.2 Å². The van der Waals surface area contributed by atoms with E-state index in [0.717, 1.165) is 64.2 Å². The van der Waals surface area contributed by atoms with Crippen LogP contribution < -0.4 is 5.32 Å². The molecule has 2 fully saturated rings. The number of likely N-dealkylation sites (N-methyl/N-ethyl adjacent to an activating group) is 1. The largest absolute Gasteiger partial charge is 0.342 e. The van der Waals surface area contributed by atoms with Crippen LogP contribution in [0.15, 0.2) is 18.2 Å². The fraction of sp³-hybridized carbons (Fsp3) is 0.619. The lowest BCUT2D eigenvalue weighted by Crippen LogP contribution is -2.49. The van der Waals surface area contributed by atoms with Gasteiger partial charge in [-0.2, -0.15) is 0 Å². The zero-order valence-corrected chi connectivity index (χ0v) is 17.7. The molecule has 1 atom stereocenters. The van der Waals surface area contributed by atoms with E-state index in [1.54, 1.807) is 18.2 Å². The van der Waals surface area contributed by atoms with Crippen molar-refractivity contribution in [1.82, 2.24) is 14.7 Å². The SMILES string of the molecule is Cc1c(Cl)cccc1NC(=O)CC(=O)N1CCCC(CN2CCN(C)CC2)C1. The number of piperazine rings is 1. The molecule has 1 aromatic rings. The first-order valence-electron chi connectivity index (χ1n) is 10.2. The number of carbonyl (C=O) groups is 2. The quantitative estimate of drug-likeness (QED) is 0.763. The molecule has 2 saturated heterocycles. The molecular formula is C21H31ClN4O2. The highest BCUT2D eigenvalue weighted by Crippen LogP contribution is 2.23. The number of amides is 2. The van der Waals surface area contributed by atoms with E-state index in [4.69, 9.17) is 11.6 Å². The second-order valence-electron chi connectivity index (χ2n) is 8.09. The van der Waals surface area contributed by atoms with Gasteiger partial charge in [-0.05, 0) is 50.4 Å². The van der Waals surface area contributed by atoms with Gasteiger partial charge in [0.25, 0.3) is 0 Å². The summed E-state index contributed by atoms with van der Waals surface area (Å²) in [5.74, 6) is 0.135. The summed E-state index contributed by atoms with van der Waals surface area (Å²) in [6.07, 6.45) is 2.05. The zero-order chi connectivity index (χ0) is 20.1. The number of nitrogens with one attached hydrogen (secondary N) is 1. The van der Waals surface area contributed by atoms with E-state index in [9.17, 15) is 9.59 Å². The molecule has 0 aliphatic carbocycles. The van der Waals surface area contributed by atoms with Crippen LogP contribution in [0.25, 0.3) is 0 Å². The Morgan fingerprint density at radius 3 is 2.68 bits per heavy atom. The Balaban J connectivity index is 1.48. The molecule has 1 unspecified atom stereocenters. The second-order valence-corrected chi connectivity index (χ2v) is 8.50. The molecule has 2 aliphatic heterocycles. The smallest absolute Gasteiger partial charge is 0.233 e. The van der Waals surface area contributed by atoms with E-state index in [1.807, 2.05) is 11.8 Å². The van der Waals surface area contributed by atoms with E-state index >= 15 is 0 Å². The first-order valence-corrected chi connectivity index (χ1v) is 10.5. The fourth-order valence-corrected chi connectivity index (χ4v) is 4.20. The van der Waals surface area contributed by atoms with Gasteiger partial charge in [0, 0.05) is 56.5 Å². The summed E-state index contributed by atoms with van der Waals surface area (Å²) in [5.41, 5.74) is 1.48. The van der Waals surface area contributed by atoms with Crippen LogP contribution in [0, 0.1) is 12.8 Å². The molecule has 0 bridgehead atoms. The summed E-state index contributed by atoms with van der Waals surface area (Å²) in [7, 11) is 2.16. The minimum absolute atomic E-state index is 0.0831. The van der Waals surface area contributed by atoms with Gasteiger partial charge in [0.1, 0.15) is 6.42 Å². The second kappa shape index (κ2) is 9.72. The van der Waals surface area contributed by atoms with E-state index in [-0.39, 0.29) is 18.2 Å². The highest BCUT2D eigenvalue weighted by atomic mass is 35.5. The Bertz CT molecular complexity index is 704. The van der Waals surface area contributed by atoms with Gasteiger partial charge in [-0.15, -0.1) is 0 Å². The van der Waals surface area contributed by atoms with Gasteiger partial charge in [-0.1, -0.05) is 17.7 Å². The Kier molecular flexibility index (Phi) is 7.32. The van der Waals surface area contributed by atoms with Gasteiger partial charge < -0.3 is 20.0 Å². The third-order valence-corrected chi connectivity index (χ3v) is 6.25. The van der Waals surface area contributed by atoms with Crippen molar-refractivity contribution in [3.63, 3.8) is 0 Å². The number of halogens is 1. The number of nitrogens with zero attached hydrogens (tertiary/aromatic N) is 3. The van der Waals surface area contributed by atoms with Gasteiger partial charge in [0.15, 0.2) is 0 Å². The van der Waals surface area contributed by atoms with Gasteiger partial charge in [0.2, 0.25) is 11.8 Å². The number of anilines is 1. The number of hydrogen-bond acceptors (Lipinski definition) is 4. The van der Waals surface area contributed by atoms with Crippen LogP contribution in [0.3, 0.4) is 0 Å². The van der Waals surface area contributed by atoms with Crippen LogP contribution in [0.2, 0.25) is 5.02 Å². The third kappa shape index (κ3) is 5.69. The molecule has 7 heteroatoms. The van der Waals surface area contributed by atoms with Crippen LogP contribution in [-0.2, 0) is 9.59 Å². The molecule has 2 heterocycles. The fourth-order valence-electron chi connectivity index (χ4n) is 4.02. The average Bonchev–Trinajstić information content (AvgIpc) is 2.67. The molecule has 154 valence electrons. The Morgan fingerprint density at radius 2 is 1.93 bits per heavy atom. The highest BCUT2D eigenvalue weighted by Gasteiger charge is 2.27. The lowest BCUT2D eigenvalue weighted by molar-refractivity contribution is -0.136. The highest BCUT2D eigenvalue weighted by molar-refractivity contribution is 6.31. The molecule has 1 N–H and O–H groups in total. The monoisotopic (exact) mass is 406 g/mol. The third-order valence-electron chi connectivity index (χ3n) is 5.84. The van der Waals surface area contributed by atoms with Crippen molar-refractivity contribution >= 4 is 29.1 Å². The normalized spacial score (nSPS) is 21.5. The molecule has 0 saturated carbocycles. The van der Waals surface area contributed by atoms with Crippen molar-refractivity contribution in [3.05, 3.63) is 28.8 Å². The van der Waals surface area contributed by atoms with Crippen molar-refractivity contribution in [2.45, 2.75) is 26.2 Å². The molecule has 0 aromatic heterocycles. The summed E-state index contributed by atoms with van der Waals surface area (Å²) in [6, 6.07) is 5.38. The number of rotatable bonds is 5. The van der Waals surface area contributed by atoms with Crippen LogP contribution in [0.4, 0.5) is 5.69 Å². The Hall–Kier alpha value is -1.63. The van der Waals surface area contributed by atoms with Crippen LogP contribution in [-0.4, -0.2) is 79.4 Å². The lowest BCUT2D eigenvalue weighted by atomic mass is 9.96. The predicted molar refractivity (Wildman–Crippen MR) is 113 cm³/mol. The van der Waals surface area contributed by atoms with Gasteiger partial charge in [-0.3, -0.25) is 9.59 Å². The summed E-state index contributed by atoms with van der Waals surface area (Å²) in [5, 5.41) is 3.42. The number of likely N-dealkylation sites (tertiary alicyclic amines) is 1. The topological polar surface area (TPSA) is 55.9 Å². The van der Waals surface area contributed by atoms with Crippen molar-refractivity contribution in [2.75, 3.05) is 58.2 Å². The summed E-state index contributed by atoms with van der Waals surface area (Å²) in [4.78, 5) is 31.7. The van der Waals surface area contributed by atoms with Gasteiger partial charge in [0.05, 0.1) is 0 Å². The van der Waals surface area contributed by atoms with E-state index in [0.29, 0.717) is 16.6 Å². The first-order chi connectivity index (χ1) is 13.4. The zero-order valence-electron chi connectivity index (χ0n) is 16.9. The average molecular weight is 407 g/mol. The molecule has 2 aliphatic rings. The number of piperidine rings is 1. The maximum Gasteiger partial charge on any atom is 0.233 e. The summed E-state index contributed by atoms with van der Waals surface area (Å²) in [6.45, 7) is 8.83. The minimum Gasteiger partial charge on any atom is -0.342 e. The Morgan fingerprint density at radius 1 is 1.18 bits per heavy atom. The van der Waals surface area contributed by atoms with E-state index in [1.165, 1.54) is 0 Å². The van der Waals surface area contributed by atoms with Crippen molar-refractivity contribution in [3.8, 4) is 0 Å². The molecule has 0 spiro atoms. The predicted octanol–water partition coefficient (Wildman–Crippen LogP) is 2.46. The maximum atomic E-state index is 12.7. The number of carbonyl (C=O) groups excluding carboxylic acids is 2. The van der Waals surface area contributed by atoms with Gasteiger partial charge in [-0.25, -0.2) is 0 Å². The summed E-state index contributed by atoms with van der Waals surface area (Å²) >= 11 is 6.10. The van der Waals surface area contributed by atoms with Crippen LogP contribution in [0.1, 0.15) is 24.8 Å². The van der Waals surface area contributed by atoms with Crippen LogP contribution >= 0.6 is 11.6 Å². The van der Waals surface area contributed by atoms with Crippen molar-refractivity contribution < 1.29 is 9.59 Å². The Labute approximate surface area is 172 Å². The van der Waals surface area contributed by atoms with Crippen molar-refractivity contribution in [2.24, 2.45) is 5.92 Å². The lowest BCUT2D eigenvalue weighted by Gasteiger charge is -2.38. The minimum atomic E-state index is -0.281. The molecule has 2 amide bonds. The van der Waals surface area contributed by atoms with E-state index < -0.39 is 0 Å². The molecule has 6 nitrogen and oxygen atoms in total. The standard InChI is InChI=1S/C21H31ClN4O2/c1-16-18(22)6-3-7-19(16)23-20(27)13-21(28)26-8-4-5-17(15-26)14-25-11-9-24(2)10-12-25/h3,6-7,17H,4-5,8-15H2,1-2H3,(H,23,27). The molecule has 28 heavy (non-hydrogen) atoms. The number of benzene rings is 1. The summed E-state index contributed by atoms with van der Waals surface area (Å²) < 4.78 is 0. The molecule has 3 rings (SSSR count). The van der Waals surface area contributed by atoms with Gasteiger partial charge >= 0.3 is 0 Å².